The van der Waals surface area contributed by atoms with Gasteiger partial charge in [0.05, 0.1) is 10.8 Å². The van der Waals surface area contributed by atoms with E-state index in [1.165, 1.54) is 31.2 Å². The summed E-state index contributed by atoms with van der Waals surface area (Å²) in [4.78, 5) is 22.1. The molecule has 1 aromatic carbocycles. The third-order valence-corrected chi connectivity index (χ3v) is 4.56. The van der Waals surface area contributed by atoms with E-state index >= 15 is 0 Å². The normalized spacial score (nSPS) is 17.1. The molecule has 1 aromatic rings. The maximum atomic E-state index is 12.0. The quantitative estimate of drug-likeness (QED) is 0.848. The fraction of sp³-hybridized carbons (Fsp3) is 0.182. The second kappa shape index (κ2) is 5.63. The first-order valence-corrected chi connectivity index (χ1v) is 7.95. The highest BCUT2D eigenvalue weighted by atomic mass is 32.2. The average Bonchev–Trinajstić information content (AvgIpc) is 2.74. The largest absolute Gasteiger partial charge is 0.341 e. The zero-order chi connectivity index (χ0) is 14.8. The van der Waals surface area contributed by atoms with Crippen molar-refractivity contribution in [2.75, 3.05) is 11.2 Å². The maximum Gasteiger partial charge on any atom is 0.283 e. The van der Waals surface area contributed by atoms with Crippen molar-refractivity contribution in [2.24, 2.45) is 4.40 Å². The summed E-state index contributed by atoms with van der Waals surface area (Å²) in [5, 5.41) is 4.91. The van der Waals surface area contributed by atoms with Gasteiger partial charge in [0.25, 0.3) is 15.9 Å². The fourth-order valence-electron chi connectivity index (χ4n) is 1.45. The SMILES string of the molecule is CC(=O)Nc1ccc(S(=O)(=O)N=C2SCNC2=O)cc1. The van der Waals surface area contributed by atoms with E-state index in [0.717, 1.165) is 11.8 Å². The topological polar surface area (TPSA) is 105 Å². The van der Waals surface area contributed by atoms with Gasteiger partial charge in [-0.2, -0.15) is 8.42 Å². The number of hydrogen-bond acceptors (Lipinski definition) is 5. The lowest BCUT2D eigenvalue weighted by atomic mass is 10.3. The summed E-state index contributed by atoms with van der Waals surface area (Å²) in [6.07, 6.45) is 0. The molecular weight excluding hydrogens is 302 g/mol. The number of amides is 2. The summed E-state index contributed by atoms with van der Waals surface area (Å²) in [5.74, 6) is -0.428. The van der Waals surface area contributed by atoms with E-state index in [1.54, 1.807) is 0 Å². The summed E-state index contributed by atoms with van der Waals surface area (Å²) >= 11 is 1.04. The standard InChI is InChI=1S/C11H11N3O4S2/c1-7(15)13-8-2-4-9(5-3-8)20(17,18)14-11-10(16)12-6-19-11/h2-5H,6H2,1H3,(H,12,16)(H,13,15). The molecule has 2 N–H and O–H groups in total. The summed E-state index contributed by atoms with van der Waals surface area (Å²) < 4.78 is 27.5. The van der Waals surface area contributed by atoms with Gasteiger partial charge in [0.2, 0.25) is 5.91 Å². The molecule has 1 aliphatic rings. The van der Waals surface area contributed by atoms with Gasteiger partial charge in [-0.15, -0.1) is 4.40 Å². The van der Waals surface area contributed by atoms with Crippen LogP contribution in [0.5, 0.6) is 0 Å². The number of rotatable bonds is 3. The summed E-state index contributed by atoms with van der Waals surface area (Å²) in [6, 6.07) is 5.55. The van der Waals surface area contributed by atoms with Crippen LogP contribution in [0.2, 0.25) is 0 Å². The van der Waals surface area contributed by atoms with E-state index in [4.69, 9.17) is 0 Å². The number of anilines is 1. The first kappa shape index (κ1) is 14.5. The third-order valence-electron chi connectivity index (χ3n) is 2.31. The molecule has 1 fully saturated rings. The van der Waals surface area contributed by atoms with E-state index in [1.807, 2.05) is 0 Å². The Balaban J connectivity index is 2.26. The predicted octanol–water partition coefficient (Wildman–Crippen LogP) is 0.553. The molecule has 1 saturated heterocycles. The monoisotopic (exact) mass is 313 g/mol. The highest BCUT2D eigenvalue weighted by molar-refractivity contribution is 8.17. The Morgan fingerprint density at radius 3 is 2.50 bits per heavy atom. The molecule has 106 valence electrons. The van der Waals surface area contributed by atoms with E-state index in [-0.39, 0.29) is 15.8 Å². The molecule has 7 nitrogen and oxygen atoms in total. The minimum absolute atomic E-state index is 0.0422. The predicted molar refractivity (Wildman–Crippen MR) is 76.0 cm³/mol. The molecule has 2 rings (SSSR count). The number of carbonyl (C=O) groups excluding carboxylic acids is 2. The molecule has 0 spiro atoms. The molecule has 0 atom stereocenters. The molecule has 0 aromatic heterocycles. The number of thioether (sulfide) groups is 1. The van der Waals surface area contributed by atoms with Crippen LogP contribution in [0.15, 0.2) is 33.6 Å². The highest BCUT2D eigenvalue weighted by Gasteiger charge is 2.23. The number of sulfonamides is 1. The van der Waals surface area contributed by atoms with E-state index < -0.39 is 15.9 Å². The van der Waals surface area contributed by atoms with Gasteiger partial charge >= 0.3 is 0 Å². The third kappa shape index (κ3) is 3.36. The van der Waals surface area contributed by atoms with Gasteiger partial charge in [-0.1, -0.05) is 11.8 Å². The number of hydrogen-bond donors (Lipinski definition) is 2. The van der Waals surface area contributed by atoms with Crippen LogP contribution >= 0.6 is 11.8 Å². The fourth-order valence-corrected chi connectivity index (χ4v) is 3.39. The van der Waals surface area contributed by atoms with Gasteiger partial charge < -0.3 is 10.6 Å². The van der Waals surface area contributed by atoms with Crippen molar-refractivity contribution in [3.8, 4) is 0 Å². The Labute approximate surface area is 119 Å². The minimum Gasteiger partial charge on any atom is -0.341 e. The number of benzene rings is 1. The van der Waals surface area contributed by atoms with Gasteiger partial charge in [-0.3, -0.25) is 9.59 Å². The van der Waals surface area contributed by atoms with Gasteiger partial charge in [0.1, 0.15) is 0 Å². The lowest BCUT2D eigenvalue weighted by Gasteiger charge is -2.03. The van der Waals surface area contributed by atoms with Crippen molar-refractivity contribution in [2.45, 2.75) is 11.8 Å². The van der Waals surface area contributed by atoms with Gasteiger partial charge in [0, 0.05) is 12.6 Å². The number of nitrogens with zero attached hydrogens (tertiary/aromatic N) is 1. The van der Waals surface area contributed by atoms with Crippen molar-refractivity contribution < 1.29 is 18.0 Å². The lowest BCUT2D eigenvalue weighted by Crippen LogP contribution is -2.19. The zero-order valence-corrected chi connectivity index (χ0v) is 12.0. The molecule has 1 aliphatic heterocycles. The van der Waals surface area contributed by atoms with E-state index in [0.29, 0.717) is 11.6 Å². The molecule has 0 radical (unpaired) electrons. The molecule has 0 aliphatic carbocycles. The minimum atomic E-state index is -3.93. The average molecular weight is 313 g/mol. The van der Waals surface area contributed by atoms with Crippen LogP contribution in [0.3, 0.4) is 0 Å². The maximum absolute atomic E-state index is 12.0. The molecule has 9 heteroatoms. The van der Waals surface area contributed by atoms with Gasteiger partial charge in [0.15, 0.2) is 5.04 Å². The Morgan fingerprint density at radius 2 is 2.00 bits per heavy atom. The molecule has 0 bridgehead atoms. The lowest BCUT2D eigenvalue weighted by molar-refractivity contribution is -0.114. The molecule has 2 amide bonds. The number of carbonyl (C=O) groups is 2. The van der Waals surface area contributed by atoms with Crippen LogP contribution in [0.1, 0.15) is 6.92 Å². The van der Waals surface area contributed by atoms with Crippen LogP contribution < -0.4 is 10.6 Å². The van der Waals surface area contributed by atoms with Crippen LogP contribution in [0.25, 0.3) is 0 Å². The molecular formula is C11H11N3O4S2. The Bertz CT molecular complexity index is 680. The van der Waals surface area contributed by atoms with E-state index in [9.17, 15) is 18.0 Å². The second-order valence-corrected chi connectivity index (χ2v) is 6.44. The van der Waals surface area contributed by atoms with Crippen LogP contribution in [0, 0.1) is 0 Å². The first-order valence-electron chi connectivity index (χ1n) is 5.52. The first-order chi connectivity index (χ1) is 9.38. The van der Waals surface area contributed by atoms with Crippen LogP contribution in [-0.2, 0) is 19.6 Å². The van der Waals surface area contributed by atoms with Crippen molar-refractivity contribution >= 4 is 44.3 Å². The zero-order valence-electron chi connectivity index (χ0n) is 10.4. The highest BCUT2D eigenvalue weighted by Crippen LogP contribution is 2.19. The number of nitrogens with one attached hydrogen (secondary N) is 2. The summed E-state index contributed by atoms with van der Waals surface area (Å²) in [7, 11) is -3.93. The van der Waals surface area contributed by atoms with Crippen molar-refractivity contribution in [1.82, 2.24) is 5.32 Å². The van der Waals surface area contributed by atoms with Gasteiger partial charge in [-0.25, -0.2) is 0 Å². The molecule has 0 saturated carbocycles. The van der Waals surface area contributed by atoms with Crippen LogP contribution in [0.4, 0.5) is 5.69 Å². The smallest absolute Gasteiger partial charge is 0.283 e. The van der Waals surface area contributed by atoms with Crippen molar-refractivity contribution in [1.29, 1.82) is 0 Å². The summed E-state index contributed by atoms with van der Waals surface area (Å²) in [6.45, 7) is 1.35. The molecule has 1 heterocycles. The Morgan fingerprint density at radius 1 is 1.35 bits per heavy atom. The summed E-state index contributed by atoms with van der Waals surface area (Å²) in [5.41, 5.74) is 0.483. The van der Waals surface area contributed by atoms with Crippen LogP contribution in [-0.4, -0.2) is 31.2 Å². The Hall–Kier alpha value is -1.87. The second-order valence-electron chi connectivity index (χ2n) is 3.87. The van der Waals surface area contributed by atoms with Crippen molar-refractivity contribution in [3.05, 3.63) is 24.3 Å². The van der Waals surface area contributed by atoms with E-state index in [2.05, 4.69) is 15.0 Å². The Kier molecular flexibility index (Phi) is 4.09. The molecule has 0 unspecified atom stereocenters. The van der Waals surface area contributed by atoms with Gasteiger partial charge in [-0.05, 0) is 24.3 Å². The van der Waals surface area contributed by atoms with Crippen molar-refractivity contribution in [3.63, 3.8) is 0 Å². The molecule has 20 heavy (non-hydrogen) atoms.